The summed E-state index contributed by atoms with van der Waals surface area (Å²) in [5, 5.41) is 11.6. The van der Waals surface area contributed by atoms with Gasteiger partial charge < -0.3 is 14.8 Å². The highest BCUT2D eigenvalue weighted by molar-refractivity contribution is 5.77. The molecule has 1 N–H and O–H groups in total. The molecule has 0 spiro atoms. The van der Waals surface area contributed by atoms with Crippen molar-refractivity contribution in [2.45, 2.75) is 26.3 Å². The van der Waals surface area contributed by atoms with Gasteiger partial charge in [-0.2, -0.15) is 5.26 Å². The Morgan fingerprint density at radius 2 is 2.21 bits per heavy atom. The number of benzene rings is 1. The van der Waals surface area contributed by atoms with Gasteiger partial charge in [-0.25, -0.2) is 0 Å². The molecule has 0 heterocycles. The van der Waals surface area contributed by atoms with Crippen molar-refractivity contribution in [3.05, 3.63) is 23.8 Å². The van der Waals surface area contributed by atoms with Gasteiger partial charge in [0.05, 0.1) is 18.7 Å². The molecule has 0 radical (unpaired) electrons. The fourth-order valence-electron chi connectivity index (χ4n) is 1.42. The van der Waals surface area contributed by atoms with E-state index in [1.54, 1.807) is 18.2 Å². The lowest BCUT2D eigenvalue weighted by Gasteiger charge is -2.13. The Hall–Kier alpha value is -2.22. The van der Waals surface area contributed by atoms with Crippen molar-refractivity contribution in [3.63, 3.8) is 0 Å². The second-order valence-electron chi connectivity index (χ2n) is 4.14. The minimum Gasteiger partial charge on any atom is -0.493 e. The van der Waals surface area contributed by atoms with Crippen LogP contribution in [0.5, 0.6) is 11.5 Å². The van der Waals surface area contributed by atoms with Crippen LogP contribution in [0.1, 0.15) is 25.8 Å². The molecule has 0 unspecified atom stereocenters. The van der Waals surface area contributed by atoms with Gasteiger partial charge in [0.1, 0.15) is 0 Å². The van der Waals surface area contributed by atoms with Crippen LogP contribution in [0, 0.1) is 11.3 Å². The predicted octanol–water partition coefficient (Wildman–Crippen LogP) is 1.86. The molecule has 0 saturated carbocycles. The molecule has 0 aromatic heterocycles. The number of amides is 1. The van der Waals surface area contributed by atoms with Gasteiger partial charge in [0.25, 0.3) is 5.91 Å². The first-order valence-electron chi connectivity index (χ1n) is 6.11. The maximum absolute atomic E-state index is 11.6. The van der Waals surface area contributed by atoms with Crippen LogP contribution in [0.2, 0.25) is 0 Å². The Bertz CT molecular complexity index is 480. The molecule has 0 aliphatic carbocycles. The van der Waals surface area contributed by atoms with Crippen molar-refractivity contribution in [1.29, 1.82) is 5.26 Å². The van der Waals surface area contributed by atoms with Crippen LogP contribution in [0.15, 0.2) is 18.2 Å². The zero-order chi connectivity index (χ0) is 14.3. The highest BCUT2D eigenvalue weighted by Crippen LogP contribution is 2.27. The summed E-state index contributed by atoms with van der Waals surface area (Å²) in [6.45, 7) is 3.85. The van der Waals surface area contributed by atoms with E-state index in [9.17, 15) is 4.79 Å². The number of rotatable bonds is 6. The third-order valence-corrected chi connectivity index (χ3v) is 2.67. The Kier molecular flexibility index (Phi) is 5.68. The summed E-state index contributed by atoms with van der Waals surface area (Å²) in [5.41, 5.74) is 0.480. The number of carbonyl (C=O) groups is 1. The number of ether oxygens (including phenoxy) is 2. The number of nitrogens with zero attached hydrogens (tertiary/aromatic N) is 1. The SMILES string of the molecule is CC[C@H](C)NC(=O)COc1ccc(C#N)cc1OC. The summed E-state index contributed by atoms with van der Waals surface area (Å²) < 4.78 is 10.5. The van der Waals surface area contributed by atoms with Crippen LogP contribution >= 0.6 is 0 Å². The third kappa shape index (κ3) is 4.51. The Morgan fingerprint density at radius 3 is 2.79 bits per heavy atom. The van der Waals surface area contributed by atoms with Gasteiger partial charge in [-0.15, -0.1) is 0 Å². The van der Waals surface area contributed by atoms with Crippen molar-refractivity contribution in [3.8, 4) is 17.6 Å². The smallest absolute Gasteiger partial charge is 0.258 e. The van der Waals surface area contributed by atoms with Gasteiger partial charge in [0.2, 0.25) is 0 Å². The fraction of sp³-hybridized carbons (Fsp3) is 0.429. The summed E-state index contributed by atoms with van der Waals surface area (Å²) in [7, 11) is 1.49. The lowest BCUT2D eigenvalue weighted by Crippen LogP contribution is -2.35. The van der Waals surface area contributed by atoms with Crippen LogP contribution in [0.25, 0.3) is 0 Å². The van der Waals surface area contributed by atoms with Crippen LogP contribution in [-0.2, 0) is 4.79 Å². The quantitative estimate of drug-likeness (QED) is 0.849. The number of hydrogen-bond acceptors (Lipinski definition) is 4. The van der Waals surface area contributed by atoms with Crippen LogP contribution in [0.4, 0.5) is 0 Å². The third-order valence-electron chi connectivity index (χ3n) is 2.67. The molecule has 1 aromatic rings. The van der Waals surface area contributed by atoms with E-state index in [1.807, 2.05) is 19.9 Å². The van der Waals surface area contributed by atoms with Gasteiger partial charge in [-0.05, 0) is 25.5 Å². The first kappa shape index (κ1) is 14.8. The zero-order valence-electron chi connectivity index (χ0n) is 11.4. The van der Waals surface area contributed by atoms with E-state index in [2.05, 4.69) is 5.32 Å². The average molecular weight is 262 g/mol. The molecule has 5 nitrogen and oxygen atoms in total. The molecule has 0 aliphatic rings. The van der Waals surface area contributed by atoms with Crippen molar-refractivity contribution in [2.75, 3.05) is 13.7 Å². The molecule has 19 heavy (non-hydrogen) atoms. The first-order chi connectivity index (χ1) is 9.10. The van der Waals surface area contributed by atoms with Crippen LogP contribution in [0.3, 0.4) is 0 Å². The molecule has 1 rings (SSSR count). The van der Waals surface area contributed by atoms with E-state index < -0.39 is 0 Å². The molecule has 0 bridgehead atoms. The normalized spacial score (nSPS) is 11.3. The molecule has 102 valence electrons. The maximum Gasteiger partial charge on any atom is 0.258 e. The predicted molar refractivity (Wildman–Crippen MR) is 71.1 cm³/mol. The summed E-state index contributed by atoms with van der Waals surface area (Å²) in [6, 6.07) is 6.94. The number of carbonyl (C=O) groups excluding carboxylic acids is 1. The van der Waals surface area contributed by atoms with Crippen molar-refractivity contribution in [1.82, 2.24) is 5.32 Å². The van der Waals surface area contributed by atoms with Crippen molar-refractivity contribution >= 4 is 5.91 Å². The van der Waals surface area contributed by atoms with E-state index in [4.69, 9.17) is 14.7 Å². The lowest BCUT2D eigenvalue weighted by atomic mass is 10.2. The molecule has 1 atom stereocenters. The molecule has 0 saturated heterocycles. The first-order valence-corrected chi connectivity index (χ1v) is 6.11. The summed E-state index contributed by atoms with van der Waals surface area (Å²) in [4.78, 5) is 11.6. The molecule has 1 amide bonds. The molecular weight excluding hydrogens is 244 g/mol. The number of hydrogen-bond donors (Lipinski definition) is 1. The summed E-state index contributed by atoms with van der Waals surface area (Å²) in [6.07, 6.45) is 0.867. The molecule has 5 heteroatoms. The molecule has 0 aliphatic heterocycles. The van der Waals surface area contributed by atoms with E-state index >= 15 is 0 Å². The minimum atomic E-state index is -0.180. The Balaban J connectivity index is 2.63. The monoisotopic (exact) mass is 262 g/mol. The van der Waals surface area contributed by atoms with E-state index in [1.165, 1.54) is 7.11 Å². The van der Waals surface area contributed by atoms with E-state index in [0.717, 1.165) is 6.42 Å². The van der Waals surface area contributed by atoms with Crippen LogP contribution in [-0.4, -0.2) is 25.7 Å². The Labute approximate surface area is 113 Å². The lowest BCUT2D eigenvalue weighted by molar-refractivity contribution is -0.123. The molecule has 0 fully saturated rings. The van der Waals surface area contributed by atoms with Gasteiger partial charge in [-0.3, -0.25) is 4.79 Å². The maximum atomic E-state index is 11.6. The largest absolute Gasteiger partial charge is 0.493 e. The molecular formula is C14H18N2O3. The van der Waals surface area contributed by atoms with Crippen LogP contribution < -0.4 is 14.8 Å². The van der Waals surface area contributed by atoms with Crippen molar-refractivity contribution in [2.24, 2.45) is 0 Å². The highest BCUT2D eigenvalue weighted by atomic mass is 16.5. The average Bonchev–Trinajstić information content (AvgIpc) is 2.44. The summed E-state index contributed by atoms with van der Waals surface area (Å²) >= 11 is 0. The fourth-order valence-corrected chi connectivity index (χ4v) is 1.42. The van der Waals surface area contributed by atoms with Gasteiger partial charge >= 0.3 is 0 Å². The summed E-state index contributed by atoms with van der Waals surface area (Å²) in [5.74, 6) is 0.706. The van der Waals surface area contributed by atoms with Crippen molar-refractivity contribution < 1.29 is 14.3 Å². The molecule has 1 aromatic carbocycles. The number of nitriles is 1. The number of nitrogens with one attached hydrogen (secondary N) is 1. The van der Waals surface area contributed by atoms with E-state index in [0.29, 0.717) is 17.1 Å². The van der Waals surface area contributed by atoms with Gasteiger partial charge in [-0.1, -0.05) is 6.92 Å². The topological polar surface area (TPSA) is 71.3 Å². The number of methoxy groups -OCH3 is 1. The zero-order valence-corrected chi connectivity index (χ0v) is 11.4. The van der Waals surface area contributed by atoms with Gasteiger partial charge in [0.15, 0.2) is 18.1 Å². The highest BCUT2D eigenvalue weighted by Gasteiger charge is 2.10. The second kappa shape index (κ2) is 7.27. The minimum absolute atomic E-state index is 0.0768. The standard InChI is InChI=1S/C14H18N2O3/c1-4-10(2)16-14(17)9-19-12-6-5-11(8-15)7-13(12)18-3/h5-7,10H,4,9H2,1-3H3,(H,16,17)/t10-/m0/s1. The second-order valence-corrected chi connectivity index (χ2v) is 4.14. The van der Waals surface area contributed by atoms with Gasteiger partial charge in [0, 0.05) is 12.1 Å². The van der Waals surface area contributed by atoms with E-state index in [-0.39, 0.29) is 18.6 Å². The Morgan fingerprint density at radius 1 is 1.47 bits per heavy atom.